The third kappa shape index (κ3) is 13.3. The molecule has 0 spiro atoms. The number of nitrogens with zero attached hydrogens (tertiary/aromatic N) is 2. The Morgan fingerprint density at radius 3 is 2.26 bits per heavy atom. The zero-order valence-corrected chi connectivity index (χ0v) is 31.0. The average Bonchev–Trinajstić information content (AvgIpc) is 3.64. The summed E-state index contributed by atoms with van der Waals surface area (Å²) in [6, 6.07) is 20.2. The fraction of sp³-hybridized carbons (Fsp3) is 0.450. The lowest BCUT2D eigenvalue weighted by Crippen LogP contribution is -2.58. The number of nitrogens with two attached hydrogens (primary N) is 1. The summed E-state index contributed by atoms with van der Waals surface area (Å²) in [5, 5.41) is 22.8. The van der Waals surface area contributed by atoms with Crippen LogP contribution in [-0.2, 0) is 43.4 Å². The Balaban J connectivity index is 1.41. The molecule has 0 bridgehead atoms. The van der Waals surface area contributed by atoms with E-state index in [2.05, 4.69) is 26.3 Å². The lowest BCUT2D eigenvalue weighted by atomic mass is 9.97. The van der Waals surface area contributed by atoms with E-state index in [-0.39, 0.29) is 37.3 Å². The number of rotatable bonds is 20. The predicted octanol–water partition coefficient (Wildman–Crippen LogP) is 1.99. The summed E-state index contributed by atoms with van der Waals surface area (Å²) in [6.45, 7) is 4.75. The number of primary amides is 1. The lowest BCUT2D eigenvalue weighted by molar-refractivity contribution is -0.133. The van der Waals surface area contributed by atoms with Crippen LogP contribution in [0.4, 0.5) is 4.79 Å². The molecule has 14 heteroatoms. The Hall–Kier alpha value is -5.34. The lowest BCUT2D eigenvalue weighted by Gasteiger charge is -2.32. The average molecular weight is 744 g/mol. The van der Waals surface area contributed by atoms with Crippen molar-refractivity contribution < 1.29 is 33.8 Å². The number of benzene rings is 2. The molecule has 0 aliphatic carbocycles. The third-order valence-electron chi connectivity index (χ3n) is 9.60. The monoisotopic (exact) mass is 743 g/mol. The maximum absolute atomic E-state index is 13.8. The van der Waals surface area contributed by atoms with Gasteiger partial charge < -0.3 is 36.8 Å². The first kappa shape index (κ1) is 41.4. The smallest absolute Gasteiger partial charge is 0.408 e. The van der Waals surface area contributed by atoms with Crippen molar-refractivity contribution in [2.24, 2.45) is 11.7 Å². The fourth-order valence-electron chi connectivity index (χ4n) is 6.38. The number of hydrogen-bond donors (Lipinski definition) is 6. The molecule has 7 N–H and O–H groups in total. The van der Waals surface area contributed by atoms with Gasteiger partial charge in [-0.3, -0.25) is 29.1 Å². The first-order valence-corrected chi connectivity index (χ1v) is 18.5. The maximum Gasteiger partial charge on any atom is 0.408 e. The Kier molecular flexibility index (Phi) is 16.4. The molecule has 1 unspecified atom stereocenters. The van der Waals surface area contributed by atoms with E-state index >= 15 is 0 Å². The van der Waals surface area contributed by atoms with Gasteiger partial charge in [0.1, 0.15) is 18.7 Å². The number of β-amino-alcohol motifs (C(OH)–C–C–N with tert-alkyl or cyclic N) is 1. The number of ether oxygens (including phenoxy) is 1. The molecule has 4 rings (SSSR count). The van der Waals surface area contributed by atoms with E-state index in [1.165, 1.54) is 0 Å². The van der Waals surface area contributed by atoms with Crippen molar-refractivity contribution in [2.75, 3.05) is 19.6 Å². The molecule has 6 atom stereocenters. The largest absolute Gasteiger partial charge is 0.445 e. The van der Waals surface area contributed by atoms with Crippen molar-refractivity contribution in [2.45, 2.75) is 89.3 Å². The summed E-state index contributed by atoms with van der Waals surface area (Å²) in [7, 11) is 0. The van der Waals surface area contributed by atoms with Crippen LogP contribution in [0.2, 0.25) is 0 Å². The number of aromatic nitrogens is 1. The Morgan fingerprint density at radius 1 is 0.926 bits per heavy atom. The van der Waals surface area contributed by atoms with Gasteiger partial charge >= 0.3 is 6.09 Å². The van der Waals surface area contributed by atoms with Gasteiger partial charge in [-0.05, 0) is 55.0 Å². The van der Waals surface area contributed by atoms with Gasteiger partial charge in [-0.15, -0.1) is 0 Å². The zero-order chi connectivity index (χ0) is 38.9. The van der Waals surface area contributed by atoms with Crippen LogP contribution >= 0.6 is 0 Å². The van der Waals surface area contributed by atoms with E-state index in [4.69, 9.17) is 10.5 Å². The molecule has 0 saturated carbocycles. The van der Waals surface area contributed by atoms with Crippen LogP contribution in [0.1, 0.15) is 56.4 Å². The van der Waals surface area contributed by atoms with Crippen molar-refractivity contribution in [3.05, 3.63) is 102 Å². The van der Waals surface area contributed by atoms with E-state index in [1.807, 2.05) is 73.3 Å². The number of amides is 5. The fourth-order valence-corrected chi connectivity index (χ4v) is 6.38. The highest BCUT2D eigenvalue weighted by molar-refractivity contribution is 5.91. The summed E-state index contributed by atoms with van der Waals surface area (Å²) in [4.78, 5) is 71.4. The van der Waals surface area contributed by atoms with E-state index in [1.54, 1.807) is 30.5 Å². The number of carbonyl (C=O) groups is 5. The zero-order valence-electron chi connectivity index (χ0n) is 31.0. The molecule has 0 radical (unpaired) electrons. The molecular formula is C40H53N7O7. The second kappa shape index (κ2) is 21.4. The van der Waals surface area contributed by atoms with Crippen molar-refractivity contribution >= 4 is 29.7 Å². The molecule has 3 aromatic rings. The molecule has 2 heterocycles. The van der Waals surface area contributed by atoms with Crippen molar-refractivity contribution in [3.63, 3.8) is 0 Å². The van der Waals surface area contributed by atoms with Crippen LogP contribution < -0.4 is 27.0 Å². The van der Waals surface area contributed by atoms with Crippen molar-refractivity contribution in [1.29, 1.82) is 0 Å². The van der Waals surface area contributed by atoms with Crippen molar-refractivity contribution in [3.8, 4) is 0 Å². The highest BCUT2D eigenvalue weighted by atomic mass is 16.5. The second-order valence-corrected chi connectivity index (χ2v) is 13.7. The maximum atomic E-state index is 13.8. The van der Waals surface area contributed by atoms with Crippen LogP contribution in [-0.4, -0.2) is 94.6 Å². The summed E-state index contributed by atoms with van der Waals surface area (Å²) in [6.07, 6.45) is 1.79. The molecule has 2 aromatic carbocycles. The van der Waals surface area contributed by atoms with E-state index < -0.39 is 54.6 Å². The minimum atomic E-state index is -1.37. The SMILES string of the molecule is CC[C@H](C)[C@H](NC(=O)C1CCCN1C[C@@H](O)[C@H](Cc1ccccc1)NC(=O)[C@H](CC(N)=O)NC(=O)OCc1ccccc1)C(=O)NCCc1ccccn1. The Morgan fingerprint density at radius 2 is 1.61 bits per heavy atom. The molecule has 1 saturated heterocycles. The predicted molar refractivity (Wildman–Crippen MR) is 202 cm³/mol. The standard InChI is InChI=1S/C40H53N7O7/c1-3-27(2)36(39(52)43-21-19-30-17-10-11-20-42-30)46-38(51)33-18-12-22-47(33)25-34(48)31(23-28-13-6-4-7-14-28)44-37(50)32(24-35(41)49)45-40(53)54-26-29-15-8-5-9-16-29/h4-11,13-17,20,27,31-34,36,48H,3,12,18-19,21-26H2,1-2H3,(H2,41,49)(H,43,52)(H,44,50)(H,45,53)(H,46,51)/t27-,31-,32-,33?,34+,36-/m0/s1. The van der Waals surface area contributed by atoms with Gasteiger partial charge in [-0.2, -0.15) is 0 Å². The quantitative estimate of drug-likeness (QED) is 0.100. The number of likely N-dealkylation sites (tertiary alicyclic amines) is 1. The van der Waals surface area contributed by atoms with Gasteiger partial charge in [0.05, 0.1) is 24.6 Å². The molecule has 1 aliphatic rings. The van der Waals surface area contributed by atoms with Crippen LogP contribution in [0, 0.1) is 5.92 Å². The van der Waals surface area contributed by atoms with Crippen molar-refractivity contribution in [1.82, 2.24) is 31.2 Å². The number of hydrogen-bond acceptors (Lipinski definition) is 9. The third-order valence-corrected chi connectivity index (χ3v) is 9.60. The first-order chi connectivity index (χ1) is 26.0. The van der Waals surface area contributed by atoms with Crippen LogP contribution in [0.5, 0.6) is 0 Å². The topological polar surface area (TPSA) is 205 Å². The van der Waals surface area contributed by atoms with Gasteiger partial charge in [0.25, 0.3) is 0 Å². The van der Waals surface area contributed by atoms with Crippen LogP contribution in [0.3, 0.4) is 0 Å². The van der Waals surface area contributed by atoms with E-state index in [0.717, 1.165) is 16.8 Å². The number of alkyl carbamates (subject to hydrolysis) is 1. The number of carbonyl (C=O) groups excluding carboxylic acids is 5. The molecule has 5 amide bonds. The summed E-state index contributed by atoms with van der Waals surface area (Å²) in [5.41, 5.74) is 7.85. The molecule has 1 fully saturated rings. The summed E-state index contributed by atoms with van der Waals surface area (Å²) in [5.74, 6) is -2.26. The molecule has 14 nitrogen and oxygen atoms in total. The first-order valence-electron chi connectivity index (χ1n) is 18.5. The number of aliphatic hydroxyl groups is 1. The minimum Gasteiger partial charge on any atom is -0.445 e. The van der Waals surface area contributed by atoms with Gasteiger partial charge in [0.15, 0.2) is 0 Å². The Bertz CT molecular complexity index is 1650. The Labute approximate surface area is 316 Å². The number of aliphatic hydroxyl groups excluding tert-OH is 1. The van der Waals surface area contributed by atoms with Crippen LogP contribution in [0.25, 0.3) is 0 Å². The molecule has 290 valence electrons. The van der Waals surface area contributed by atoms with Gasteiger partial charge in [0, 0.05) is 31.4 Å². The van der Waals surface area contributed by atoms with Gasteiger partial charge in [-0.1, -0.05) is 87.0 Å². The van der Waals surface area contributed by atoms with Gasteiger partial charge in [0.2, 0.25) is 23.6 Å². The molecule has 54 heavy (non-hydrogen) atoms. The highest BCUT2D eigenvalue weighted by Crippen LogP contribution is 2.20. The minimum absolute atomic E-state index is 0.0349. The molecular weight excluding hydrogens is 690 g/mol. The van der Waals surface area contributed by atoms with Gasteiger partial charge in [-0.25, -0.2) is 4.79 Å². The molecule has 1 aliphatic heterocycles. The summed E-state index contributed by atoms with van der Waals surface area (Å²) >= 11 is 0. The summed E-state index contributed by atoms with van der Waals surface area (Å²) < 4.78 is 5.26. The van der Waals surface area contributed by atoms with E-state index in [9.17, 15) is 29.1 Å². The van der Waals surface area contributed by atoms with E-state index in [0.29, 0.717) is 38.8 Å². The normalized spacial score (nSPS) is 16.9. The second-order valence-electron chi connectivity index (χ2n) is 13.7. The molecule has 1 aromatic heterocycles. The number of nitrogens with one attached hydrogen (secondary N) is 4. The highest BCUT2D eigenvalue weighted by Gasteiger charge is 2.37. The number of pyridine rings is 1. The van der Waals surface area contributed by atoms with Crippen LogP contribution in [0.15, 0.2) is 85.1 Å².